The molecule has 1 amide bonds. The van der Waals surface area contributed by atoms with Crippen LogP contribution in [-0.4, -0.2) is 44.7 Å². The molecule has 5 rings (SSSR count). The molecule has 1 N–H and O–H groups in total. The number of carbonyl (C=O) groups is 1. The van der Waals surface area contributed by atoms with Crippen LogP contribution in [0.2, 0.25) is 0 Å². The van der Waals surface area contributed by atoms with Crippen molar-refractivity contribution < 1.29 is 13.9 Å². The largest absolute Gasteiger partial charge is 0.473 e. The SMILES string of the molecule is C[C@H]1CNC(=O)c2cnn3ccc(nc23)N2CCC[C@]2(C)c2cc(F)cnc2O1. The summed E-state index contributed by atoms with van der Waals surface area (Å²) < 4.78 is 21.8. The summed E-state index contributed by atoms with van der Waals surface area (Å²) in [7, 11) is 0. The van der Waals surface area contributed by atoms with Gasteiger partial charge in [-0.25, -0.2) is 18.9 Å². The Bertz CT molecular complexity index is 1120. The second-order valence-electron chi connectivity index (χ2n) is 7.79. The summed E-state index contributed by atoms with van der Waals surface area (Å²) in [5.74, 6) is 0.406. The van der Waals surface area contributed by atoms with Crippen LogP contribution < -0.4 is 15.0 Å². The molecule has 29 heavy (non-hydrogen) atoms. The van der Waals surface area contributed by atoms with Crippen molar-refractivity contribution in [2.45, 2.75) is 38.3 Å². The molecule has 9 heteroatoms. The number of anilines is 1. The van der Waals surface area contributed by atoms with Crippen LogP contribution in [0.5, 0.6) is 5.88 Å². The molecule has 0 aliphatic carbocycles. The highest BCUT2D eigenvalue weighted by molar-refractivity contribution is 5.99. The van der Waals surface area contributed by atoms with Crippen molar-refractivity contribution in [2.24, 2.45) is 0 Å². The molecule has 2 atom stereocenters. The number of carbonyl (C=O) groups excluding carboxylic acids is 1. The summed E-state index contributed by atoms with van der Waals surface area (Å²) >= 11 is 0. The van der Waals surface area contributed by atoms with E-state index in [1.165, 1.54) is 12.3 Å². The van der Waals surface area contributed by atoms with E-state index in [0.717, 1.165) is 25.6 Å². The molecule has 5 heterocycles. The van der Waals surface area contributed by atoms with Gasteiger partial charge >= 0.3 is 0 Å². The van der Waals surface area contributed by atoms with Crippen molar-refractivity contribution in [3.8, 4) is 5.88 Å². The molecule has 2 bridgehead atoms. The van der Waals surface area contributed by atoms with E-state index in [2.05, 4.69) is 27.2 Å². The molecule has 1 fully saturated rings. The number of hydrogen-bond donors (Lipinski definition) is 1. The number of hydrogen-bond acceptors (Lipinski definition) is 6. The zero-order valence-corrected chi connectivity index (χ0v) is 16.2. The van der Waals surface area contributed by atoms with E-state index in [4.69, 9.17) is 9.72 Å². The van der Waals surface area contributed by atoms with E-state index in [9.17, 15) is 9.18 Å². The zero-order chi connectivity index (χ0) is 20.2. The number of halogens is 1. The van der Waals surface area contributed by atoms with Crippen molar-refractivity contribution in [2.75, 3.05) is 18.0 Å². The second-order valence-corrected chi connectivity index (χ2v) is 7.79. The minimum atomic E-state index is -0.541. The standard InChI is InChI=1S/C20H21FN6O2/c1-12-9-22-18(28)14-11-24-27-7-4-16(25-17(14)27)26-6-3-5-20(26,2)15-8-13(21)10-23-19(15)29-12/h4,7-8,10-12H,3,5-6,9H2,1-2H3,(H,22,28)/t12-,20+/m0/s1. The van der Waals surface area contributed by atoms with Crippen LogP contribution in [-0.2, 0) is 5.54 Å². The molecule has 0 unspecified atom stereocenters. The van der Waals surface area contributed by atoms with Gasteiger partial charge in [-0.15, -0.1) is 0 Å². The predicted octanol–water partition coefficient (Wildman–Crippen LogP) is 2.29. The molecular weight excluding hydrogens is 375 g/mol. The van der Waals surface area contributed by atoms with E-state index in [0.29, 0.717) is 28.5 Å². The van der Waals surface area contributed by atoms with Gasteiger partial charge in [-0.2, -0.15) is 5.10 Å². The van der Waals surface area contributed by atoms with E-state index in [1.54, 1.807) is 10.7 Å². The average molecular weight is 396 g/mol. The molecule has 0 aromatic carbocycles. The van der Waals surface area contributed by atoms with Gasteiger partial charge < -0.3 is 15.0 Å². The number of amides is 1. The van der Waals surface area contributed by atoms with Crippen molar-refractivity contribution in [3.63, 3.8) is 0 Å². The molecule has 3 aromatic rings. The summed E-state index contributed by atoms with van der Waals surface area (Å²) in [4.78, 5) is 23.8. The van der Waals surface area contributed by atoms with Crippen LogP contribution >= 0.6 is 0 Å². The molecule has 1 saturated heterocycles. The van der Waals surface area contributed by atoms with Crippen molar-refractivity contribution in [1.29, 1.82) is 0 Å². The van der Waals surface area contributed by atoms with Gasteiger partial charge in [0.05, 0.1) is 24.5 Å². The maximum Gasteiger partial charge on any atom is 0.256 e. The van der Waals surface area contributed by atoms with Gasteiger partial charge in [0.2, 0.25) is 5.88 Å². The fourth-order valence-corrected chi connectivity index (χ4v) is 4.25. The third kappa shape index (κ3) is 2.80. The molecule has 150 valence electrons. The lowest BCUT2D eigenvalue weighted by atomic mass is 9.89. The monoisotopic (exact) mass is 396 g/mol. The Labute approximate surface area is 166 Å². The minimum Gasteiger partial charge on any atom is -0.473 e. The molecule has 8 nitrogen and oxygen atoms in total. The van der Waals surface area contributed by atoms with Crippen LogP contribution in [0.3, 0.4) is 0 Å². The molecule has 2 aliphatic heterocycles. The van der Waals surface area contributed by atoms with Gasteiger partial charge in [-0.05, 0) is 38.8 Å². The molecule has 0 radical (unpaired) electrons. The van der Waals surface area contributed by atoms with Gasteiger partial charge in [-0.3, -0.25) is 4.79 Å². The van der Waals surface area contributed by atoms with Gasteiger partial charge in [0.15, 0.2) is 5.65 Å². The highest BCUT2D eigenvalue weighted by atomic mass is 19.1. The van der Waals surface area contributed by atoms with Gasteiger partial charge in [0, 0.05) is 18.3 Å². The summed E-state index contributed by atoms with van der Waals surface area (Å²) in [6, 6.07) is 3.36. The number of pyridine rings is 1. The predicted molar refractivity (Wildman–Crippen MR) is 104 cm³/mol. The fourth-order valence-electron chi connectivity index (χ4n) is 4.25. The summed E-state index contributed by atoms with van der Waals surface area (Å²) in [5, 5.41) is 7.09. The number of aromatic nitrogens is 4. The van der Waals surface area contributed by atoms with Crippen molar-refractivity contribution >= 4 is 17.4 Å². The Kier molecular flexibility index (Phi) is 3.94. The van der Waals surface area contributed by atoms with Gasteiger partial charge in [0.1, 0.15) is 23.3 Å². The zero-order valence-electron chi connectivity index (χ0n) is 16.2. The molecule has 0 spiro atoms. The van der Waals surface area contributed by atoms with E-state index >= 15 is 0 Å². The summed E-state index contributed by atoms with van der Waals surface area (Å²) in [6.45, 7) is 4.92. The Morgan fingerprint density at radius 1 is 1.38 bits per heavy atom. The quantitative estimate of drug-likeness (QED) is 0.628. The Morgan fingerprint density at radius 2 is 2.24 bits per heavy atom. The first-order valence-electron chi connectivity index (χ1n) is 9.68. The molecule has 2 aliphatic rings. The van der Waals surface area contributed by atoms with E-state index in [1.807, 2.05) is 13.0 Å². The lowest BCUT2D eigenvalue weighted by molar-refractivity contribution is 0.0931. The average Bonchev–Trinajstić information content (AvgIpc) is 3.30. The Balaban J connectivity index is 1.73. The molecular formula is C20H21FN6O2. The smallest absolute Gasteiger partial charge is 0.256 e. The highest BCUT2D eigenvalue weighted by Crippen LogP contribution is 2.44. The number of fused-ring (bicyclic) bond motifs is 5. The second kappa shape index (κ2) is 6.40. The fraction of sp³-hybridized carbons (Fsp3) is 0.400. The first-order valence-corrected chi connectivity index (χ1v) is 9.68. The van der Waals surface area contributed by atoms with Crippen LogP contribution in [0.4, 0.5) is 10.2 Å². The third-order valence-corrected chi connectivity index (χ3v) is 5.78. The van der Waals surface area contributed by atoms with Gasteiger partial charge in [-0.1, -0.05) is 0 Å². The summed E-state index contributed by atoms with van der Waals surface area (Å²) in [5.41, 5.74) is 1.03. The van der Waals surface area contributed by atoms with Gasteiger partial charge in [0.25, 0.3) is 5.91 Å². The summed E-state index contributed by atoms with van der Waals surface area (Å²) in [6.07, 6.45) is 5.84. The number of nitrogens with zero attached hydrogens (tertiary/aromatic N) is 5. The minimum absolute atomic E-state index is 0.268. The van der Waals surface area contributed by atoms with E-state index < -0.39 is 11.4 Å². The van der Waals surface area contributed by atoms with Crippen LogP contribution in [0.15, 0.2) is 30.7 Å². The number of rotatable bonds is 0. The lowest BCUT2D eigenvalue weighted by Crippen LogP contribution is -2.40. The van der Waals surface area contributed by atoms with Crippen molar-refractivity contribution in [3.05, 3.63) is 47.7 Å². The lowest BCUT2D eigenvalue weighted by Gasteiger charge is -2.37. The number of nitrogens with one attached hydrogen (secondary N) is 1. The van der Waals surface area contributed by atoms with Crippen molar-refractivity contribution in [1.82, 2.24) is 24.9 Å². The maximum absolute atomic E-state index is 14.2. The van der Waals surface area contributed by atoms with Crippen LogP contribution in [0.25, 0.3) is 5.65 Å². The maximum atomic E-state index is 14.2. The first kappa shape index (κ1) is 17.8. The normalized spacial score (nSPS) is 24.2. The highest BCUT2D eigenvalue weighted by Gasteiger charge is 2.42. The topological polar surface area (TPSA) is 84.7 Å². The van der Waals surface area contributed by atoms with Crippen LogP contribution in [0.1, 0.15) is 42.6 Å². The molecule has 3 aromatic heterocycles. The first-order chi connectivity index (χ1) is 14.0. The van der Waals surface area contributed by atoms with E-state index in [-0.39, 0.29) is 18.6 Å². The Hall–Kier alpha value is -3.23. The third-order valence-electron chi connectivity index (χ3n) is 5.78. The number of ether oxygens (including phenoxy) is 1. The van der Waals surface area contributed by atoms with Crippen LogP contribution in [0, 0.1) is 5.82 Å². The molecule has 0 saturated carbocycles. The Morgan fingerprint density at radius 3 is 3.10 bits per heavy atom.